The molecule has 0 aliphatic carbocycles. The Morgan fingerprint density at radius 1 is 1.11 bits per heavy atom. The minimum atomic E-state index is 0.391. The van der Waals surface area contributed by atoms with Crippen molar-refractivity contribution in [3.05, 3.63) is 57.0 Å². The number of halogens is 3. The van der Waals surface area contributed by atoms with Crippen molar-refractivity contribution in [3.63, 3.8) is 0 Å². The number of rotatable bonds is 3. The molecule has 0 radical (unpaired) electrons. The predicted molar refractivity (Wildman–Crippen MR) is 80.0 cm³/mol. The summed E-state index contributed by atoms with van der Waals surface area (Å²) in [6, 6.07) is 11.3. The van der Waals surface area contributed by atoms with E-state index in [1.807, 2.05) is 31.2 Å². The first-order valence-corrected chi connectivity index (χ1v) is 7.09. The standard InChI is InChI=1S/C14H11BrCl2O/c1-9-6-11(15)3-5-13(9)18-14-7-12(17)4-2-10(14)8-16/h2-7H,8H2,1H3. The SMILES string of the molecule is Cc1cc(Br)ccc1Oc1cc(Cl)ccc1CCl. The Kier molecular flexibility index (Phi) is 4.55. The van der Waals surface area contributed by atoms with Gasteiger partial charge in [-0.25, -0.2) is 0 Å². The van der Waals surface area contributed by atoms with Gasteiger partial charge in [0.25, 0.3) is 0 Å². The summed E-state index contributed by atoms with van der Waals surface area (Å²) in [5.41, 5.74) is 1.97. The fourth-order valence-electron chi connectivity index (χ4n) is 1.58. The lowest BCUT2D eigenvalue weighted by atomic mass is 10.2. The van der Waals surface area contributed by atoms with Crippen LogP contribution in [0.1, 0.15) is 11.1 Å². The van der Waals surface area contributed by atoms with Crippen LogP contribution >= 0.6 is 39.1 Å². The Labute approximate surface area is 125 Å². The number of benzene rings is 2. The molecule has 0 aliphatic rings. The van der Waals surface area contributed by atoms with E-state index in [4.69, 9.17) is 27.9 Å². The van der Waals surface area contributed by atoms with Crippen LogP contribution in [0.4, 0.5) is 0 Å². The monoisotopic (exact) mass is 344 g/mol. The number of alkyl halides is 1. The van der Waals surface area contributed by atoms with Crippen LogP contribution in [0.2, 0.25) is 5.02 Å². The van der Waals surface area contributed by atoms with E-state index in [0.717, 1.165) is 21.3 Å². The predicted octanol–water partition coefficient (Wildman–Crippen LogP) is 5.94. The lowest BCUT2D eigenvalue weighted by Crippen LogP contribution is -1.91. The maximum atomic E-state index is 5.97. The lowest BCUT2D eigenvalue weighted by molar-refractivity contribution is 0.474. The Morgan fingerprint density at radius 3 is 2.56 bits per heavy atom. The van der Waals surface area contributed by atoms with Gasteiger partial charge in [-0.2, -0.15) is 0 Å². The van der Waals surface area contributed by atoms with Crippen molar-refractivity contribution in [1.29, 1.82) is 0 Å². The molecule has 0 fully saturated rings. The molecule has 4 heteroatoms. The Hall–Kier alpha value is -0.700. The van der Waals surface area contributed by atoms with Gasteiger partial charge in [0, 0.05) is 15.1 Å². The highest BCUT2D eigenvalue weighted by molar-refractivity contribution is 9.10. The first kappa shape index (κ1) is 13.7. The first-order valence-electron chi connectivity index (χ1n) is 5.38. The van der Waals surface area contributed by atoms with Crippen LogP contribution in [0.25, 0.3) is 0 Å². The van der Waals surface area contributed by atoms with E-state index in [9.17, 15) is 0 Å². The van der Waals surface area contributed by atoms with Gasteiger partial charge >= 0.3 is 0 Å². The highest BCUT2D eigenvalue weighted by Gasteiger charge is 2.07. The van der Waals surface area contributed by atoms with Gasteiger partial charge in [0.2, 0.25) is 0 Å². The van der Waals surface area contributed by atoms with E-state index in [-0.39, 0.29) is 0 Å². The highest BCUT2D eigenvalue weighted by atomic mass is 79.9. The maximum absolute atomic E-state index is 5.97. The zero-order chi connectivity index (χ0) is 13.1. The van der Waals surface area contributed by atoms with Gasteiger partial charge in [0.15, 0.2) is 0 Å². The molecule has 0 atom stereocenters. The molecule has 18 heavy (non-hydrogen) atoms. The van der Waals surface area contributed by atoms with Gasteiger partial charge in [-0.1, -0.05) is 33.6 Å². The maximum Gasteiger partial charge on any atom is 0.133 e. The quantitative estimate of drug-likeness (QED) is 0.625. The van der Waals surface area contributed by atoms with Gasteiger partial charge in [-0.3, -0.25) is 0 Å². The minimum Gasteiger partial charge on any atom is -0.457 e. The fraction of sp³-hybridized carbons (Fsp3) is 0.143. The average molecular weight is 346 g/mol. The van der Waals surface area contributed by atoms with Crippen molar-refractivity contribution in [2.75, 3.05) is 0 Å². The molecule has 0 unspecified atom stereocenters. The van der Waals surface area contributed by atoms with Gasteiger partial charge in [0.05, 0.1) is 5.88 Å². The van der Waals surface area contributed by atoms with Crippen LogP contribution in [0.3, 0.4) is 0 Å². The van der Waals surface area contributed by atoms with Gasteiger partial charge in [0.1, 0.15) is 11.5 Å². The molecule has 2 rings (SSSR count). The summed E-state index contributed by atoms with van der Waals surface area (Å²) in [5, 5.41) is 0.633. The Balaban J connectivity index is 2.36. The number of hydrogen-bond donors (Lipinski definition) is 0. The summed E-state index contributed by atoms with van der Waals surface area (Å²) in [7, 11) is 0. The summed E-state index contributed by atoms with van der Waals surface area (Å²) < 4.78 is 6.90. The fourth-order valence-corrected chi connectivity index (χ4v) is 2.44. The molecule has 94 valence electrons. The third-order valence-corrected chi connectivity index (χ3v) is 3.55. The topological polar surface area (TPSA) is 9.23 Å². The van der Waals surface area contributed by atoms with E-state index in [0.29, 0.717) is 16.7 Å². The third-order valence-electron chi connectivity index (χ3n) is 2.53. The molecule has 0 aromatic heterocycles. The van der Waals surface area contributed by atoms with Crippen molar-refractivity contribution in [1.82, 2.24) is 0 Å². The van der Waals surface area contributed by atoms with Crippen LogP contribution in [0.5, 0.6) is 11.5 Å². The second-order valence-corrected chi connectivity index (χ2v) is 5.52. The Bertz CT molecular complexity index is 570. The van der Waals surface area contributed by atoms with Crippen LogP contribution in [-0.4, -0.2) is 0 Å². The van der Waals surface area contributed by atoms with Gasteiger partial charge < -0.3 is 4.74 Å². The van der Waals surface area contributed by atoms with Crippen LogP contribution in [-0.2, 0) is 5.88 Å². The molecule has 2 aromatic carbocycles. The molecule has 0 saturated heterocycles. The van der Waals surface area contributed by atoms with Crippen LogP contribution < -0.4 is 4.74 Å². The van der Waals surface area contributed by atoms with Gasteiger partial charge in [-0.15, -0.1) is 11.6 Å². The van der Waals surface area contributed by atoms with Crippen molar-refractivity contribution < 1.29 is 4.74 Å². The summed E-state index contributed by atoms with van der Waals surface area (Å²) >= 11 is 15.3. The summed E-state index contributed by atoms with van der Waals surface area (Å²) in [4.78, 5) is 0. The summed E-state index contributed by atoms with van der Waals surface area (Å²) in [6.07, 6.45) is 0. The molecular formula is C14H11BrCl2O. The molecular weight excluding hydrogens is 335 g/mol. The molecule has 0 N–H and O–H groups in total. The molecule has 0 spiro atoms. The van der Waals surface area contributed by atoms with E-state index in [2.05, 4.69) is 15.9 Å². The normalized spacial score (nSPS) is 10.4. The van der Waals surface area contributed by atoms with E-state index in [1.54, 1.807) is 12.1 Å². The van der Waals surface area contributed by atoms with Crippen molar-refractivity contribution in [3.8, 4) is 11.5 Å². The smallest absolute Gasteiger partial charge is 0.133 e. The summed E-state index contributed by atoms with van der Waals surface area (Å²) in [5.74, 6) is 1.89. The summed E-state index contributed by atoms with van der Waals surface area (Å²) in [6.45, 7) is 1.99. The number of aryl methyl sites for hydroxylation is 1. The molecule has 1 nitrogen and oxygen atoms in total. The molecule has 0 aliphatic heterocycles. The first-order chi connectivity index (χ1) is 8.60. The van der Waals surface area contributed by atoms with Gasteiger partial charge in [-0.05, 0) is 42.8 Å². The van der Waals surface area contributed by atoms with Crippen molar-refractivity contribution in [2.24, 2.45) is 0 Å². The average Bonchev–Trinajstić information content (AvgIpc) is 2.33. The van der Waals surface area contributed by atoms with Crippen LogP contribution in [0.15, 0.2) is 40.9 Å². The molecule has 0 amide bonds. The molecule has 2 aromatic rings. The van der Waals surface area contributed by atoms with E-state index in [1.165, 1.54) is 0 Å². The van der Waals surface area contributed by atoms with Crippen molar-refractivity contribution in [2.45, 2.75) is 12.8 Å². The molecule has 0 heterocycles. The Morgan fingerprint density at radius 2 is 1.89 bits per heavy atom. The van der Waals surface area contributed by atoms with E-state index < -0.39 is 0 Å². The minimum absolute atomic E-state index is 0.391. The number of ether oxygens (including phenoxy) is 1. The van der Waals surface area contributed by atoms with E-state index >= 15 is 0 Å². The largest absolute Gasteiger partial charge is 0.457 e. The molecule has 0 saturated carbocycles. The van der Waals surface area contributed by atoms with Crippen LogP contribution in [0, 0.1) is 6.92 Å². The second-order valence-electron chi connectivity index (χ2n) is 3.90. The number of hydrogen-bond acceptors (Lipinski definition) is 1. The molecule has 0 bridgehead atoms. The zero-order valence-electron chi connectivity index (χ0n) is 9.71. The highest BCUT2D eigenvalue weighted by Crippen LogP contribution is 2.32. The zero-order valence-corrected chi connectivity index (χ0v) is 12.8. The lowest BCUT2D eigenvalue weighted by Gasteiger charge is -2.12. The third kappa shape index (κ3) is 3.19. The van der Waals surface area contributed by atoms with Crippen molar-refractivity contribution >= 4 is 39.1 Å². The second kappa shape index (κ2) is 5.96.